The van der Waals surface area contributed by atoms with Crippen LogP contribution in [-0.4, -0.2) is 23.4 Å². The van der Waals surface area contributed by atoms with Crippen LogP contribution in [0.2, 0.25) is 5.02 Å². The quantitative estimate of drug-likeness (QED) is 0.361. The Morgan fingerprint density at radius 1 is 0.903 bits per heavy atom. The number of hydrogen-bond donors (Lipinski definition) is 3. The third kappa shape index (κ3) is 6.28. The predicted octanol–water partition coefficient (Wildman–Crippen LogP) is 4.86. The highest BCUT2D eigenvalue weighted by atomic mass is 35.5. The van der Waals surface area contributed by atoms with Crippen LogP contribution in [0.25, 0.3) is 0 Å². The summed E-state index contributed by atoms with van der Waals surface area (Å²) in [7, 11) is 0. The molecule has 0 atom stereocenters. The summed E-state index contributed by atoms with van der Waals surface area (Å²) in [4.78, 5) is 34.6. The highest BCUT2D eigenvalue weighted by molar-refractivity contribution is 6.34. The maximum Gasteiger partial charge on any atom is 0.319 e. The number of non-ortho nitro benzene ring substituents is 1. The Morgan fingerprint density at radius 2 is 1.58 bits per heavy atom. The number of urea groups is 1. The summed E-state index contributed by atoms with van der Waals surface area (Å²) in [6, 6.07) is 19.6. The van der Waals surface area contributed by atoms with Crippen molar-refractivity contribution in [2.45, 2.75) is 6.42 Å². The summed E-state index contributed by atoms with van der Waals surface area (Å²) in [6.45, 7) is 0.438. The molecule has 0 aromatic heterocycles. The lowest BCUT2D eigenvalue weighted by atomic mass is 10.1. The van der Waals surface area contributed by atoms with Gasteiger partial charge in [0.2, 0.25) is 0 Å². The number of hydrogen-bond acceptors (Lipinski definition) is 4. The van der Waals surface area contributed by atoms with Gasteiger partial charge in [-0.25, -0.2) is 4.79 Å². The number of anilines is 2. The molecule has 31 heavy (non-hydrogen) atoms. The fourth-order valence-corrected chi connectivity index (χ4v) is 2.97. The molecule has 0 aliphatic heterocycles. The third-order valence-electron chi connectivity index (χ3n) is 4.35. The molecule has 0 saturated carbocycles. The monoisotopic (exact) mass is 438 g/mol. The van der Waals surface area contributed by atoms with E-state index in [9.17, 15) is 19.7 Å². The summed E-state index contributed by atoms with van der Waals surface area (Å²) < 4.78 is 0. The molecule has 3 rings (SSSR count). The van der Waals surface area contributed by atoms with Gasteiger partial charge in [0.05, 0.1) is 15.5 Å². The summed E-state index contributed by atoms with van der Waals surface area (Å²) in [5.74, 6) is -0.541. The van der Waals surface area contributed by atoms with Crippen LogP contribution in [0, 0.1) is 10.1 Å². The van der Waals surface area contributed by atoms with Gasteiger partial charge in [-0.3, -0.25) is 14.9 Å². The standard InChI is InChI=1S/C22H19ClN4O4/c23-20-11-10-18(27(30)31)14-19(20)21(28)25-17-8-6-15(7-9-17)12-13-24-22(29)26-16-4-2-1-3-5-16/h1-11,14H,12-13H2,(H,25,28)(H2,24,26,29). The first-order valence-electron chi connectivity index (χ1n) is 9.36. The minimum atomic E-state index is -0.587. The van der Waals surface area contributed by atoms with Crippen LogP contribution in [0.15, 0.2) is 72.8 Å². The Kier molecular flexibility index (Phi) is 7.18. The largest absolute Gasteiger partial charge is 0.338 e. The van der Waals surface area contributed by atoms with Crippen LogP contribution in [0.1, 0.15) is 15.9 Å². The van der Waals surface area contributed by atoms with Gasteiger partial charge in [-0.1, -0.05) is 41.9 Å². The number of amides is 3. The number of carbonyl (C=O) groups excluding carboxylic acids is 2. The van der Waals surface area contributed by atoms with Gasteiger partial charge < -0.3 is 16.0 Å². The average molecular weight is 439 g/mol. The zero-order valence-electron chi connectivity index (χ0n) is 16.3. The second-order valence-electron chi connectivity index (χ2n) is 6.57. The number of nitrogens with one attached hydrogen (secondary N) is 3. The summed E-state index contributed by atoms with van der Waals surface area (Å²) in [5.41, 5.74) is 2.00. The van der Waals surface area contributed by atoms with E-state index in [1.165, 1.54) is 12.1 Å². The lowest BCUT2D eigenvalue weighted by Gasteiger charge is -2.09. The van der Waals surface area contributed by atoms with E-state index in [4.69, 9.17) is 11.6 Å². The maximum absolute atomic E-state index is 12.4. The van der Waals surface area contributed by atoms with Crippen LogP contribution < -0.4 is 16.0 Å². The van der Waals surface area contributed by atoms with Gasteiger partial charge in [0, 0.05) is 30.1 Å². The van der Waals surface area contributed by atoms with E-state index in [1.54, 1.807) is 24.3 Å². The van der Waals surface area contributed by atoms with Gasteiger partial charge in [-0.15, -0.1) is 0 Å². The van der Waals surface area contributed by atoms with Crippen LogP contribution in [0.4, 0.5) is 21.9 Å². The zero-order chi connectivity index (χ0) is 22.2. The van der Waals surface area contributed by atoms with Crippen LogP contribution in [0.3, 0.4) is 0 Å². The van der Waals surface area contributed by atoms with Crippen molar-refractivity contribution in [2.24, 2.45) is 0 Å². The van der Waals surface area contributed by atoms with Gasteiger partial charge in [0.25, 0.3) is 11.6 Å². The minimum Gasteiger partial charge on any atom is -0.338 e. The molecule has 8 nitrogen and oxygen atoms in total. The molecule has 0 unspecified atom stereocenters. The first kappa shape index (κ1) is 21.8. The van der Waals surface area contributed by atoms with Gasteiger partial charge in [-0.05, 0) is 42.3 Å². The number of halogens is 1. The van der Waals surface area contributed by atoms with E-state index in [2.05, 4.69) is 16.0 Å². The minimum absolute atomic E-state index is 0.0218. The van der Waals surface area contributed by atoms with E-state index in [0.29, 0.717) is 24.3 Å². The maximum atomic E-state index is 12.4. The van der Waals surface area contributed by atoms with Crippen molar-refractivity contribution in [1.29, 1.82) is 0 Å². The summed E-state index contributed by atoms with van der Waals surface area (Å²) in [5, 5.41) is 19.2. The highest BCUT2D eigenvalue weighted by Gasteiger charge is 2.16. The Hall–Kier alpha value is -3.91. The van der Waals surface area contributed by atoms with Gasteiger partial charge in [-0.2, -0.15) is 0 Å². The highest BCUT2D eigenvalue weighted by Crippen LogP contribution is 2.23. The molecule has 0 aliphatic rings. The van der Waals surface area contributed by atoms with Crippen LogP contribution >= 0.6 is 11.6 Å². The molecule has 158 valence electrons. The number of nitrogens with zero attached hydrogens (tertiary/aromatic N) is 1. The third-order valence-corrected chi connectivity index (χ3v) is 4.68. The molecule has 0 heterocycles. The molecule has 9 heteroatoms. The lowest BCUT2D eigenvalue weighted by Crippen LogP contribution is -2.30. The van der Waals surface area contributed by atoms with Crippen molar-refractivity contribution in [3.05, 3.63) is 99.1 Å². The van der Waals surface area contributed by atoms with Crippen molar-refractivity contribution < 1.29 is 14.5 Å². The molecule has 0 saturated heterocycles. The van der Waals surface area contributed by atoms with E-state index in [1.807, 2.05) is 30.3 Å². The number of para-hydroxylation sites is 1. The molecule has 0 aliphatic carbocycles. The second kappa shape index (κ2) is 10.2. The molecule has 0 fully saturated rings. The lowest BCUT2D eigenvalue weighted by molar-refractivity contribution is -0.384. The van der Waals surface area contributed by atoms with Crippen molar-refractivity contribution in [3.63, 3.8) is 0 Å². The molecule has 0 spiro atoms. The SMILES string of the molecule is O=C(NCCc1ccc(NC(=O)c2cc([N+](=O)[O-])ccc2Cl)cc1)Nc1ccccc1. The van der Waals surface area contributed by atoms with Gasteiger partial charge >= 0.3 is 6.03 Å². The topological polar surface area (TPSA) is 113 Å². The molecule has 0 radical (unpaired) electrons. The number of nitro groups is 1. The fourth-order valence-electron chi connectivity index (χ4n) is 2.77. The molecular weight excluding hydrogens is 420 g/mol. The van der Waals surface area contributed by atoms with Crippen molar-refractivity contribution in [3.8, 4) is 0 Å². The number of carbonyl (C=O) groups is 2. The fraction of sp³-hybridized carbons (Fsp3) is 0.0909. The molecular formula is C22H19ClN4O4. The number of rotatable bonds is 7. The molecule has 3 amide bonds. The summed E-state index contributed by atoms with van der Waals surface area (Å²) in [6.07, 6.45) is 0.604. The number of nitro benzene ring substituents is 1. The second-order valence-corrected chi connectivity index (χ2v) is 6.98. The van der Waals surface area contributed by atoms with Crippen LogP contribution in [-0.2, 0) is 6.42 Å². The van der Waals surface area contributed by atoms with E-state index < -0.39 is 10.8 Å². The van der Waals surface area contributed by atoms with E-state index >= 15 is 0 Å². The zero-order valence-corrected chi connectivity index (χ0v) is 17.1. The van der Waals surface area contributed by atoms with Crippen molar-refractivity contribution in [1.82, 2.24) is 5.32 Å². The van der Waals surface area contributed by atoms with Gasteiger partial charge in [0.1, 0.15) is 0 Å². The van der Waals surface area contributed by atoms with Crippen LogP contribution in [0.5, 0.6) is 0 Å². The smallest absolute Gasteiger partial charge is 0.319 e. The molecule has 3 aromatic carbocycles. The first-order chi connectivity index (χ1) is 14.9. The van der Waals surface area contributed by atoms with Gasteiger partial charge in [0.15, 0.2) is 0 Å². The normalized spacial score (nSPS) is 10.2. The Balaban J connectivity index is 1.51. The predicted molar refractivity (Wildman–Crippen MR) is 120 cm³/mol. The number of benzene rings is 3. The van der Waals surface area contributed by atoms with Crippen molar-refractivity contribution >= 4 is 40.6 Å². The van der Waals surface area contributed by atoms with E-state index in [0.717, 1.165) is 11.6 Å². The Labute approximate surface area is 183 Å². The molecule has 3 aromatic rings. The molecule has 0 bridgehead atoms. The van der Waals surface area contributed by atoms with Crippen molar-refractivity contribution in [2.75, 3.05) is 17.2 Å². The Bertz CT molecular complexity index is 1090. The first-order valence-corrected chi connectivity index (χ1v) is 9.74. The Morgan fingerprint density at radius 3 is 2.26 bits per heavy atom. The average Bonchev–Trinajstić information content (AvgIpc) is 2.75. The molecule has 3 N–H and O–H groups in total. The summed E-state index contributed by atoms with van der Waals surface area (Å²) >= 11 is 6.00. The van der Waals surface area contributed by atoms with E-state index in [-0.39, 0.29) is 22.3 Å².